The van der Waals surface area contributed by atoms with Gasteiger partial charge in [0.2, 0.25) is 0 Å². The number of nitrogen functional groups attached to an aromatic ring is 1. The van der Waals surface area contributed by atoms with Crippen LogP contribution in [0.25, 0.3) is 5.69 Å². The number of fused-ring (bicyclic) bond motifs is 1. The van der Waals surface area contributed by atoms with Crippen LogP contribution in [0.1, 0.15) is 16.8 Å². The van der Waals surface area contributed by atoms with Crippen molar-refractivity contribution in [3.8, 4) is 5.69 Å². The van der Waals surface area contributed by atoms with Gasteiger partial charge in [-0.25, -0.2) is 4.68 Å². The predicted octanol–water partition coefficient (Wildman–Crippen LogP) is 3.31. The molecule has 112 valence electrons. The summed E-state index contributed by atoms with van der Waals surface area (Å²) in [5.41, 5.74) is 6.95. The van der Waals surface area contributed by atoms with Crippen molar-refractivity contribution in [1.29, 1.82) is 0 Å². The smallest absolute Gasteiger partial charge is 0.382 e. The van der Waals surface area contributed by atoms with Gasteiger partial charge in [-0.2, -0.15) is 18.3 Å². The lowest BCUT2D eigenvalue weighted by molar-refractivity contribution is -0.137. The number of halogens is 4. The molecule has 0 bridgehead atoms. The Balaban J connectivity index is 2.17. The molecule has 2 aromatic rings. The third-order valence-electron chi connectivity index (χ3n) is 3.35. The standard InChI is InChI=1S/C13H11BrF3N3O/c14-9-2-1-7(13(15,16)17)5-11(9)20-10-3-4-21-6-8(10)12(18)19-20/h1-2,5H,3-4,6H2,(H2,18,19). The number of alkyl halides is 3. The van der Waals surface area contributed by atoms with Crippen LogP contribution in [0.4, 0.5) is 19.0 Å². The summed E-state index contributed by atoms with van der Waals surface area (Å²) in [7, 11) is 0. The SMILES string of the molecule is Nc1nn(-c2cc(C(F)(F)F)ccc2Br)c2c1COCC2. The van der Waals surface area contributed by atoms with Crippen molar-refractivity contribution in [2.45, 2.75) is 19.2 Å². The van der Waals surface area contributed by atoms with Gasteiger partial charge in [-0.1, -0.05) is 0 Å². The number of hydrogen-bond donors (Lipinski definition) is 1. The molecule has 0 unspecified atom stereocenters. The van der Waals surface area contributed by atoms with Crippen LogP contribution >= 0.6 is 15.9 Å². The van der Waals surface area contributed by atoms with Crippen LogP contribution in [0.15, 0.2) is 22.7 Å². The van der Waals surface area contributed by atoms with E-state index in [4.69, 9.17) is 10.5 Å². The van der Waals surface area contributed by atoms with Gasteiger partial charge in [0.1, 0.15) is 0 Å². The molecule has 21 heavy (non-hydrogen) atoms. The number of benzene rings is 1. The first kappa shape index (κ1) is 14.4. The number of anilines is 1. The second kappa shape index (κ2) is 5.03. The van der Waals surface area contributed by atoms with Gasteiger partial charge < -0.3 is 10.5 Å². The molecule has 1 aromatic heterocycles. The van der Waals surface area contributed by atoms with E-state index in [9.17, 15) is 13.2 Å². The summed E-state index contributed by atoms with van der Waals surface area (Å²) >= 11 is 3.27. The molecule has 1 aliphatic heterocycles. The fourth-order valence-electron chi connectivity index (χ4n) is 2.31. The molecular weight excluding hydrogens is 351 g/mol. The fraction of sp³-hybridized carbons (Fsp3) is 0.308. The van der Waals surface area contributed by atoms with Crippen molar-refractivity contribution >= 4 is 21.7 Å². The zero-order valence-corrected chi connectivity index (χ0v) is 12.3. The van der Waals surface area contributed by atoms with E-state index in [1.54, 1.807) is 0 Å². The van der Waals surface area contributed by atoms with Crippen molar-refractivity contribution in [3.63, 3.8) is 0 Å². The predicted molar refractivity (Wildman–Crippen MR) is 74.0 cm³/mol. The van der Waals surface area contributed by atoms with E-state index in [1.165, 1.54) is 10.7 Å². The van der Waals surface area contributed by atoms with E-state index in [0.29, 0.717) is 29.8 Å². The van der Waals surface area contributed by atoms with E-state index in [1.807, 2.05) is 0 Å². The molecule has 2 heterocycles. The van der Waals surface area contributed by atoms with E-state index < -0.39 is 11.7 Å². The zero-order valence-electron chi connectivity index (χ0n) is 10.7. The topological polar surface area (TPSA) is 53.1 Å². The van der Waals surface area contributed by atoms with Crippen LogP contribution in [-0.2, 0) is 23.9 Å². The van der Waals surface area contributed by atoms with Crippen LogP contribution in [-0.4, -0.2) is 16.4 Å². The molecular formula is C13H11BrF3N3O. The largest absolute Gasteiger partial charge is 0.416 e. The molecule has 0 radical (unpaired) electrons. The van der Waals surface area contributed by atoms with E-state index in [-0.39, 0.29) is 5.82 Å². The average Bonchev–Trinajstić information content (AvgIpc) is 2.76. The molecule has 1 aromatic carbocycles. The summed E-state index contributed by atoms with van der Waals surface area (Å²) in [5, 5.41) is 4.16. The molecule has 0 aliphatic carbocycles. The minimum Gasteiger partial charge on any atom is -0.382 e. The van der Waals surface area contributed by atoms with Gasteiger partial charge in [0.25, 0.3) is 0 Å². The van der Waals surface area contributed by atoms with Gasteiger partial charge in [-0.15, -0.1) is 0 Å². The third-order valence-corrected chi connectivity index (χ3v) is 4.02. The molecule has 3 rings (SSSR count). The van der Waals surface area contributed by atoms with Gasteiger partial charge in [0, 0.05) is 16.5 Å². The first-order valence-corrected chi connectivity index (χ1v) is 6.98. The minimum atomic E-state index is -4.41. The quantitative estimate of drug-likeness (QED) is 0.847. The van der Waals surface area contributed by atoms with E-state index >= 15 is 0 Å². The molecule has 0 amide bonds. The lowest BCUT2D eigenvalue weighted by atomic mass is 10.1. The monoisotopic (exact) mass is 361 g/mol. The molecule has 0 atom stereocenters. The number of ether oxygens (including phenoxy) is 1. The van der Waals surface area contributed by atoms with Crippen molar-refractivity contribution < 1.29 is 17.9 Å². The summed E-state index contributed by atoms with van der Waals surface area (Å²) < 4.78 is 45.9. The number of nitrogens with zero attached hydrogens (tertiary/aromatic N) is 2. The van der Waals surface area contributed by atoms with Crippen molar-refractivity contribution in [2.75, 3.05) is 12.3 Å². The lowest BCUT2D eigenvalue weighted by Crippen LogP contribution is -2.14. The third kappa shape index (κ3) is 2.53. The number of aromatic nitrogens is 2. The maximum atomic E-state index is 12.9. The maximum Gasteiger partial charge on any atom is 0.416 e. The Bertz CT molecular complexity index is 697. The first-order chi connectivity index (χ1) is 9.88. The molecule has 2 N–H and O–H groups in total. The van der Waals surface area contributed by atoms with Crippen molar-refractivity contribution in [2.24, 2.45) is 0 Å². The summed E-state index contributed by atoms with van der Waals surface area (Å²) in [5.74, 6) is 0.286. The normalized spacial score (nSPS) is 15.0. The van der Waals surface area contributed by atoms with Gasteiger partial charge in [-0.05, 0) is 34.1 Å². The zero-order chi connectivity index (χ0) is 15.2. The summed E-state index contributed by atoms with van der Waals surface area (Å²) in [4.78, 5) is 0. The highest BCUT2D eigenvalue weighted by Gasteiger charge is 2.32. The Kier molecular flexibility index (Phi) is 3.45. The summed E-state index contributed by atoms with van der Waals surface area (Å²) in [6, 6.07) is 3.45. The average molecular weight is 362 g/mol. The van der Waals surface area contributed by atoms with Crippen molar-refractivity contribution in [1.82, 2.24) is 9.78 Å². The molecule has 8 heteroatoms. The van der Waals surface area contributed by atoms with Gasteiger partial charge in [0.15, 0.2) is 5.82 Å². The molecule has 0 fully saturated rings. The van der Waals surface area contributed by atoms with Gasteiger partial charge in [0.05, 0.1) is 30.2 Å². The van der Waals surface area contributed by atoms with Crippen LogP contribution in [0.2, 0.25) is 0 Å². The van der Waals surface area contributed by atoms with Crippen LogP contribution in [0.5, 0.6) is 0 Å². The lowest BCUT2D eigenvalue weighted by Gasteiger charge is -2.16. The second-order valence-electron chi connectivity index (χ2n) is 4.69. The Morgan fingerprint density at radius 3 is 2.81 bits per heavy atom. The highest BCUT2D eigenvalue weighted by molar-refractivity contribution is 9.10. The highest BCUT2D eigenvalue weighted by Crippen LogP contribution is 2.35. The fourth-order valence-corrected chi connectivity index (χ4v) is 2.73. The van der Waals surface area contributed by atoms with Crippen LogP contribution < -0.4 is 5.73 Å². The number of nitrogens with two attached hydrogens (primary N) is 1. The first-order valence-electron chi connectivity index (χ1n) is 6.19. The summed E-state index contributed by atoms with van der Waals surface area (Å²) in [6.45, 7) is 0.826. The molecule has 0 saturated carbocycles. The summed E-state index contributed by atoms with van der Waals surface area (Å²) in [6.07, 6.45) is -3.85. The molecule has 0 spiro atoms. The number of rotatable bonds is 1. The Hall–Kier alpha value is -1.54. The Morgan fingerprint density at radius 2 is 2.10 bits per heavy atom. The van der Waals surface area contributed by atoms with Gasteiger partial charge in [-0.3, -0.25) is 0 Å². The number of hydrogen-bond acceptors (Lipinski definition) is 3. The Labute approximate surface area is 126 Å². The van der Waals surface area contributed by atoms with Crippen LogP contribution in [0, 0.1) is 0 Å². The van der Waals surface area contributed by atoms with Gasteiger partial charge >= 0.3 is 6.18 Å². The molecule has 0 saturated heterocycles. The molecule has 1 aliphatic rings. The van der Waals surface area contributed by atoms with E-state index in [2.05, 4.69) is 21.0 Å². The van der Waals surface area contributed by atoms with Crippen molar-refractivity contribution in [3.05, 3.63) is 39.5 Å². The maximum absolute atomic E-state index is 12.9. The Morgan fingerprint density at radius 1 is 1.33 bits per heavy atom. The minimum absolute atomic E-state index is 0.286. The molecule has 4 nitrogen and oxygen atoms in total. The second-order valence-corrected chi connectivity index (χ2v) is 5.54. The van der Waals surface area contributed by atoms with Crippen LogP contribution in [0.3, 0.4) is 0 Å². The highest BCUT2D eigenvalue weighted by atomic mass is 79.9. The van der Waals surface area contributed by atoms with E-state index in [0.717, 1.165) is 23.4 Å².